The summed E-state index contributed by atoms with van der Waals surface area (Å²) in [5.41, 5.74) is 5.48. The van der Waals surface area contributed by atoms with Gasteiger partial charge < -0.3 is 20.5 Å². The molecular formula is C11H24N2O3. The lowest BCUT2D eigenvalue weighted by atomic mass is 10.00. The van der Waals surface area contributed by atoms with Crippen LogP contribution in [0.25, 0.3) is 0 Å². The summed E-state index contributed by atoms with van der Waals surface area (Å²) in [6.07, 6.45) is 1.05. The van der Waals surface area contributed by atoms with Crippen molar-refractivity contribution < 1.29 is 14.6 Å². The highest BCUT2D eigenvalue weighted by molar-refractivity contribution is 5.76. The smallest absolute Gasteiger partial charge is 0.222 e. The van der Waals surface area contributed by atoms with Crippen LogP contribution in [0.1, 0.15) is 26.7 Å². The molecule has 5 nitrogen and oxygen atoms in total. The summed E-state index contributed by atoms with van der Waals surface area (Å²) in [7, 11) is 1.59. The topological polar surface area (TPSA) is 75.8 Å². The van der Waals surface area contributed by atoms with Crippen LogP contribution in [0, 0.1) is 0 Å². The number of carbonyl (C=O) groups excluding carboxylic acids is 1. The number of hydrogen-bond donors (Lipinski definition) is 2. The van der Waals surface area contributed by atoms with Gasteiger partial charge in [-0.3, -0.25) is 4.79 Å². The molecule has 3 N–H and O–H groups in total. The molecule has 5 heteroatoms. The zero-order valence-electron chi connectivity index (χ0n) is 10.5. The van der Waals surface area contributed by atoms with E-state index in [1.54, 1.807) is 12.0 Å². The third-order valence-corrected chi connectivity index (χ3v) is 2.27. The van der Waals surface area contributed by atoms with Gasteiger partial charge in [-0.15, -0.1) is 0 Å². The van der Waals surface area contributed by atoms with Gasteiger partial charge in [-0.1, -0.05) is 0 Å². The third-order valence-electron chi connectivity index (χ3n) is 2.27. The molecule has 0 aliphatic heterocycles. The average Bonchev–Trinajstić information content (AvgIpc) is 2.19. The maximum absolute atomic E-state index is 11.8. The van der Waals surface area contributed by atoms with Crippen LogP contribution < -0.4 is 5.73 Å². The summed E-state index contributed by atoms with van der Waals surface area (Å²) in [5.74, 6) is 0.0182. The van der Waals surface area contributed by atoms with Gasteiger partial charge in [-0.05, 0) is 20.3 Å². The highest BCUT2D eigenvalue weighted by Crippen LogP contribution is 2.08. The maximum atomic E-state index is 11.8. The Morgan fingerprint density at radius 3 is 2.50 bits per heavy atom. The van der Waals surface area contributed by atoms with Gasteiger partial charge in [0.2, 0.25) is 5.91 Å². The van der Waals surface area contributed by atoms with E-state index in [1.165, 1.54) is 0 Å². The van der Waals surface area contributed by atoms with Crippen molar-refractivity contribution in [1.29, 1.82) is 0 Å². The number of rotatable bonds is 8. The lowest BCUT2D eigenvalue weighted by molar-refractivity contribution is -0.132. The molecule has 0 heterocycles. The van der Waals surface area contributed by atoms with Crippen molar-refractivity contribution in [3.8, 4) is 0 Å². The molecular weight excluding hydrogens is 208 g/mol. The van der Waals surface area contributed by atoms with E-state index >= 15 is 0 Å². The Kier molecular flexibility index (Phi) is 7.29. The summed E-state index contributed by atoms with van der Waals surface area (Å²) in [5, 5.41) is 8.85. The Hall–Kier alpha value is -0.650. The number of hydrogen-bond acceptors (Lipinski definition) is 4. The number of aliphatic hydroxyl groups excluding tert-OH is 1. The van der Waals surface area contributed by atoms with Crippen molar-refractivity contribution in [3.05, 3.63) is 0 Å². The minimum Gasteiger partial charge on any atom is -0.395 e. The largest absolute Gasteiger partial charge is 0.395 e. The highest BCUT2D eigenvalue weighted by Gasteiger charge is 2.17. The predicted molar refractivity (Wildman–Crippen MR) is 63.0 cm³/mol. The number of ether oxygens (including phenoxy) is 1. The van der Waals surface area contributed by atoms with Crippen LogP contribution in [0.5, 0.6) is 0 Å². The molecule has 0 aliphatic carbocycles. The summed E-state index contributed by atoms with van der Waals surface area (Å²) >= 11 is 0. The first kappa shape index (κ1) is 15.3. The molecule has 0 aromatic carbocycles. The number of nitrogens with two attached hydrogens (primary N) is 1. The monoisotopic (exact) mass is 232 g/mol. The number of aliphatic hydroxyl groups is 1. The molecule has 0 spiro atoms. The van der Waals surface area contributed by atoms with Crippen LogP contribution >= 0.6 is 0 Å². The van der Waals surface area contributed by atoms with Crippen LogP contribution in [0.3, 0.4) is 0 Å². The van der Waals surface area contributed by atoms with E-state index in [4.69, 9.17) is 15.6 Å². The third kappa shape index (κ3) is 7.62. The average molecular weight is 232 g/mol. The van der Waals surface area contributed by atoms with E-state index in [-0.39, 0.29) is 18.1 Å². The highest BCUT2D eigenvalue weighted by atomic mass is 16.5. The Bertz CT molecular complexity index is 202. The molecule has 16 heavy (non-hydrogen) atoms. The van der Waals surface area contributed by atoms with E-state index < -0.39 is 0 Å². The molecule has 96 valence electrons. The molecule has 0 saturated carbocycles. The minimum absolute atomic E-state index is 0.0182. The first-order valence-electron chi connectivity index (χ1n) is 5.57. The van der Waals surface area contributed by atoms with Crippen LogP contribution in [0.15, 0.2) is 0 Å². The number of carbonyl (C=O) groups is 1. The molecule has 0 aromatic heterocycles. The van der Waals surface area contributed by atoms with Gasteiger partial charge in [0.05, 0.1) is 13.2 Å². The van der Waals surface area contributed by atoms with E-state index in [9.17, 15) is 4.79 Å². The Balaban J connectivity index is 4.05. The normalized spacial score (nSPS) is 11.6. The van der Waals surface area contributed by atoms with E-state index in [2.05, 4.69) is 0 Å². The molecule has 0 fully saturated rings. The zero-order chi connectivity index (χ0) is 12.6. The Morgan fingerprint density at radius 2 is 2.06 bits per heavy atom. The molecule has 0 atom stereocenters. The van der Waals surface area contributed by atoms with Gasteiger partial charge in [-0.2, -0.15) is 0 Å². The number of methoxy groups -OCH3 is 1. The van der Waals surface area contributed by atoms with Crippen LogP contribution in [0.2, 0.25) is 0 Å². The summed E-state index contributed by atoms with van der Waals surface area (Å²) in [4.78, 5) is 13.4. The lowest BCUT2D eigenvalue weighted by Gasteiger charge is -2.24. The second-order valence-electron chi connectivity index (χ2n) is 4.59. The van der Waals surface area contributed by atoms with E-state index in [0.717, 1.165) is 0 Å². The molecule has 0 aromatic rings. The number of nitrogens with zero attached hydrogens (tertiary/aromatic N) is 1. The molecule has 0 aliphatic rings. The first-order valence-corrected chi connectivity index (χ1v) is 5.57. The van der Waals surface area contributed by atoms with Crippen LogP contribution in [-0.2, 0) is 9.53 Å². The predicted octanol–water partition coefficient (Wildman–Crippen LogP) is -0.0288. The molecule has 0 radical (unpaired) electrons. The molecule has 0 saturated heterocycles. The van der Waals surface area contributed by atoms with Gasteiger partial charge in [-0.25, -0.2) is 0 Å². The zero-order valence-corrected chi connectivity index (χ0v) is 10.5. The van der Waals surface area contributed by atoms with Crippen molar-refractivity contribution in [2.24, 2.45) is 5.73 Å². The van der Waals surface area contributed by atoms with Gasteiger partial charge in [0.1, 0.15) is 0 Å². The maximum Gasteiger partial charge on any atom is 0.222 e. The second kappa shape index (κ2) is 7.60. The standard InChI is InChI=1S/C11H24N2O3/c1-11(2,12)5-4-10(15)13(6-8-14)7-9-16-3/h14H,4-9,12H2,1-3H3. The quantitative estimate of drug-likeness (QED) is 0.616. The van der Waals surface area contributed by atoms with Crippen molar-refractivity contribution in [1.82, 2.24) is 4.90 Å². The van der Waals surface area contributed by atoms with E-state index in [0.29, 0.717) is 32.5 Å². The van der Waals surface area contributed by atoms with Crippen LogP contribution in [-0.4, -0.2) is 54.9 Å². The van der Waals surface area contributed by atoms with Crippen molar-refractivity contribution in [3.63, 3.8) is 0 Å². The van der Waals surface area contributed by atoms with E-state index in [1.807, 2.05) is 13.8 Å². The minimum atomic E-state index is -0.332. The lowest BCUT2D eigenvalue weighted by Crippen LogP contribution is -2.39. The fraction of sp³-hybridized carbons (Fsp3) is 0.909. The SMILES string of the molecule is COCCN(CCO)C(=O)CCC(C)(C)N. The second-order valence-corrected chi connectivity index (χ2v) is 4.59. The van der Waals surface area contributed by atoms with Gasteiger partial charge >= 0.3 is 0 Å². The molecule has 1 amide bonds. The molecule has 0 unspecified atom stereocenters. The Morgan fingerprint density at radius 1 is 1.44 bits per heavy atom. The van der Waals surface area contributed by atoms with Crippen molar-refractivity contribution in [2.45, 2.75) is 32.2 Å². The molecule has 0 rings (SSSR count). The summed E-state index contributed by atoms with van der Waals surface area (Å²) in [6, 6.07) is 0. The summed E-state index contributed by atoms with van der Waals surface area (Å²) < 4.78 is 4.91. The van der Waals surface area contributed by atoms with Crippen LogP contribution in [0.4, 0.5) is 0 Å². The molecule has 0 bridgehead atoms. The fourth-order valence-corrected chi connectivity index (χ4v) is 1.27. The first-order chi connectivity index (χ1) is 7.40. The summed E-state index contributed by atoms with van der Waals surface area (Å²) in [6.45, 7) is 5.12. The number of amides is 1. The Labute approximate surface area is 97.6 Å². The van der Waals surface area contributed by atoms with Gasteiger partial charge in [0, 0.05) is 32.2 Å². The van der Waals surface area contributed by atoms with Crippen molar-refractivity contribution in [2.75, 3.05) is 33.4 Å². The van der Waals surface area contributed by atoms with Gasteiger partial charge in [0.15, 0.2) is 0 Å². The fourth-order valence-electron chi connectivity index (χ4n) is 1.27. The van der Waals surface area contributed by atoms with Gasteiger partial charge in [0.25, 0.3) is 0 Å². The van der Waals surface area contributed by atoms with Crippen molar-refractivity contribution >= 4 is 5.91 Å².